The Labute approximate surface area is 390 Å². The first-order valence-corrected chi connectivity index (χ1v) is 24.3. The summed E-state index contributed by atoms with van der Waals surface area (Å²) >= 11 is 0. The molecular formula is C58H64N4O4. The predicted octanol–water partition coefficient (Wildman–Crippen LogP) is 11.2. The van der Waals surface area contributed by atoms with Gasteiger partial charge in [0.25, 0.3) is 11.8 Å². The number of aryl methyl sites for hydroxylation is 4. The van der Waals surface area contributed by atoms with Crippen LogP contribution in [0.25, 0.3) is 0 Å². The topological polar surface area (TPSA) is 124 Å². The lowest BCUT2D eigenvalue weighted by atomic mass is 9.58. The summed E-state index contributed by atoms with van der Waals surface area (Å²) in [5.41, 5.74) is 12.6. The molecule has 66 heavy (non-hydrogen) atoms. The summed E-state index contributed by atoms with van der Waals surface area (Å²) < 4.78 is 0. The lowest BCUT2D eigenvalue weighted by Gasteiger charge is -2.46. The zero-order valence-corrected chi connectivity index (χ0v) is 38.5. The van der Waals surface area contributed by atoms with Crippen molar-refractivity contribution in [1.82, 2.24) is 9.97 Å². The zero-order chi connectivity index (χ0) is 45.7. The quantitative estimate of drug-likeness (QED) is 0.121. The second-order valence-corrected chi connectivity index (χ2v) is 19.6. The molecule has 0 unspecified atom stereocenters. The van der Waals surface area contributed by atoms with Crippen LogP contribution in [0.1, 0.15) is 130 Å². The van der Waals surface area contributed by atoms with Crippen LogP contribution in [0.2, 0.25) is 0 Å². The number of aliphatic hydroxyl groups excluding tert-OH is 2. The number of amides is 2. The Hall–Kier alpha value is -5.96. The fourth-order valence-corrected chi connectivity index (χ4v) is 12.2. The fourth-order valence-electron chi connectivity index (χ4n) is 12.2. The summed E-state index contributed by atoms with van der Waals surface area (Å²) in [5, 5.41) is 27.0. The van der Waals surface area contributed by atoms with Gasteiger partial charge in [0.2, 0.25) is 0 Å². The van der Waals surface area contributed by atoms with Gasteiger partial charge in [-0.05, 0) is 197 Å². The fraction of sp³-hybridized carbons (Fsp3) is 0.379. The highest BCUT2D eigenvalue weighted by Gasteiger charge is 2.48. The Morgan fingerprint density at radius 2 is 0.985 bits per heavy atom. The minimum Gasteiger partial charge on any atom is -0.393 e. The average molecular weight is 881 g/mol. The molecule has 2 heterocycles. The second kappa shape index (κ2) is 19.9. The van der Waals surface area contributed by atoms with Crippen molar-refractivity contribution in [2.75, 3.05) is 10.6 Å². The first-order chi connectivity index (χ1) is 32.1. The predicted molar refractivity (Wildman–Crippen MR) is 263 cm³/mol. The van der Waals surface area contributed by atoms with Crippen molar-refractivity contribution < 1.29 is 19.8 Å². The van der Waals surface area contributed by atoms with Crippen LogP contribution in [0, 0.1) is 25.7 Å². The molecule has 6 atom stereocenters. The maximum atomic E-state index is 13.1. The van der Waals surface area contributed by atoms with Gasteiger partial charge in [-0.15, -0.1) is 0 Å². The van der Waals surface area contributed by atoms with Gasteiger partial charge in [0.15, 0.2) is 0 Å². The van der Waals surface area contributed by atoms with E-state index in [4.69, 9.17) is 0 Å². The Bertz CT molecular complexity index is 2470. The van der Waals surface area contributed by atoms with Crippen molar-refractivity contribution in [2.45, 2.75) is 127 Å². The number of hydrogen-bond donors (Lipinski definition) is 4. The highest BCUT2D eigenvalue weighted by atomic mass is 16.3. The first kappa shape index (κ1) is 45.2. The molecule has 0 radical (unpaired) electrons. The Morgan fingerprint density at radius 3 is 1.39 bits per heavy atom. The third-order valence-electron chi connectivity index (χ3n) is 15.6. The number of aromatic nitrogens is 2. The van der Waals surface area contributed by atoms with Crippen LogP contribution in [0.15, 0.2) is 134 Å². The van der Waals surface area contributed by atoms with Gasteiger partial charge in [-0.1, -0.05) is 72.8 Å². The molecule has 8 nitrogen and oxygen atoms in total. The molecule has 0 bridgehead atoms. The van der Waals surface area contributed by atoms with E-state index < -0.39 is 0 Å². The van der Waals surface area contributed by atoms with Gasteiger partial charge in [-0.25, -0.2) is 0 Å². The minimum absolute atomic E-state index is 0.0152. The van der Waals surface area contributed by atoms with Crippen molar-refractivity contribution in [3.8, 4) is 0 Å². The van der Waals surface area contributed by atoms with Crippen molar-refractivity contribution in [2.24, 2.45) is 11.8 Å². The first-order valence-electron chi connectivity index (χ1n) is 24.3. The monoisotopic (exact) mass is 880 g/mol. The molecule has 4 aliphatic carbocycles. The van der Waals surface area contributed by atoms with Crippen LogP contribution in [0.3, 0.4) is 0 Å². The summed E-state index contributed by atoms with van der Waals surface area (Å²) in [6, 6.07) is 41.5. The number of pyridine rings is 2. The number of benzene rings is 4. The van der Waals surface area contributed by atoms with E-state index in [1.54, 1.807) is 12.4 Å². The highest BCUT2D eigenvalue weighted by molar-refractivity contribution is 6.05. The number of hydrogen-bond acceptors (Lipinski definition) is 6. The molecule has 4 aromatic carbocycles. The van der Waals surface area contributed by atoms with Crippen molar-refractivity contribution in [3.05, 3.63) is 190 Å². The van der Waals surface area contributed by atoms with Crippen LogP contribution < -0.4 is 10.6 Å². The number of carbonyl (C=O) groups is 2. The van der Waals surface area contributed by atoms with E-state index in [-0.39, 0.29) is 34.9 Å². The van der Waals surface area contributed by atoms with Crippen LogP contribution in [-0.4, -0.2) is 44.2 Å². The Kier molecular flexibility index (Phi) is 13.6. The van der Waals surface area contributed by atoms with E-state index in [0.717, 1.165) is 113 Å². The van der Waals surface area contributed by atoms with E-state index in [1.165, 1.54) is 33.4 Å². The van der Waals surface area contributed by atoms with Gasteiger partial charge in [-0.2, -0.15) is 0 Å². The summed E-state index contributed by atoms with van der Waals surface area (Å²) in [5.74, 6) is 0.734. The number of carbonyl (C=O) groups excluding carboxylic acids is 2. The lowest BCUT2D eigenvalue weighted by molar-refractivity contribution is 0.0467. The zero-order valence-electron chi connectivity index (χ0n) is 38.5. The van der Waals surface area contributed by atoms with Crippen LogP contribution in [-0.2, 0) is 36.5 Å². The summed E-state index contributed by atoms with van der Waals surface area (Å²) in [7, 11) is 0. The van der Waals surface area contributed by atoms with E-state index in [2.05, 4.69) is 106 Å². The van der Waals surface area contributed by atoms with E-state index >= 15 is 0 Å². The van der Waals surface area contributed by atoms with E-state index in [1.807, 2.05) is 50.2 Å². The van der Waals surface area contributed by atoms with Gasteiger partial charge in [0.1, 0.15) is 0 Å². The van der Waals surface area contributed by atoms with Gasteiger partial charge in [0, 0.05) is 34.4 Å². The number of anilines is 2. The normalized spacial score (nSPS) is 24.3. The average Bonchev–Trinajstić information content (AvgIpc) is 3.58. The number of nitrogens with zero attached hydrogens (tertiary/aromatic N) is 2. The molecule has 2 aromatic heterocycles. The molecule has 0 spiro atoms. The molecule has 340 valence electrons. The standard InChI is InChI=1S/2C29H32N2O2/c2*1-20-27(11-6-16-30-20)31-28(33)23-12-13-26-22(17-23)9-5-10-24-18-25(32)14-15-29(24,26)19-21-7-3-2-4-8-21/h2*2-4,6-8,11-13,16-17,24-25,32H,5,9-10,14-15,18-19H2,1H3,(H,31,33)/t2*24-,25+,29-/m10/s1. The van der Waals surface area contributed by atoms with Gasteiger partial charge in [-0.3, -0.25) is 19.6 Å². The van der Waals surface area contributed by atoms with Gasteiger partial charge in [0.05, 0.1) is 35.0 Å². The molecule has 8 heteroatoms. The van der Waals surface area contributed by atoms with E-state index in [9.17, 15) is 19.8 Å². The van der Waals surface area contributed by atoms with Crippen LogP contribution in [0.4, 0.5) is 11.4 Å². The Balaban J connectivity index is 0.000000166. The maximum absolute atomic E-state index is 13.1. The molecule has 2 fully saturated rings. The highest BCUT2D eigenvalue weighted by Crippen LogP contribution is 2.53. The molecule has 6 aromatic rings. The van der Waals surface area contributed by atoms with Crippen molar-refractivity contribution in [3.63, 3.8) is 0 Å². The smallest absolute Gasteiger partial charge is 0.255 e. The summed E-state index contributed by atoms with van der Waals surface area (Å²) in [6.07, 6.45) is 16.8. The second-order valence-electron chi connectivity index (χ2n) is 19.6. The molecule has 0 saturated heterocycles. The molecule has 0 aliphatic heterocycles. The van der Waals surface area contributed by atoms with Gasteiger partial charge >= 0.3 is 0 Å². The maximum Gasteiger partial charge on any atom is 0.255 e. The number of fused-ring (bicyclic) bond motifs is 6. The van der Waals surface area contributed by atoms with Gasteiger partial charge < -0.3 is 20.8 Å². The minimum atomic E-state index is -0.201. The van der Waals surface area contributed by atoms with Crippen molar-refractivity contribution >= 4 is 23.2 Å². The molecular weight excluding hydrogens is 817 g/mol. The lowest BCUT2D eigenvalue weighted by Crippen LogP contribution is -2.43. The van der Waals surface area contributed by atoms with Crippen molar-refractivity contribution in [1.29, 1.82) is 0 Å². The third kappa shape index (κ3) is 9.63. The molecule has 4 N–H and O–H groups in total. The molecule has 2 saturated carbocycles. The van der Waals surface area contributed by atoms with E-state index in [0.29, 0.717) is 23.0 Å². The number of rotatable bonds is 8. The molecule has 10 rings (SSSR count). The largest absolute Gasteiger partial charge is 0.393 e. The van der Waals surface area contributed by atoms with Crippen LogP contribution >= 0.6 is 0 Å². The summed E-state index contributed by atoms with van der Waals surface area (Å²) in [4.78, 5) is 34.7. The SMILES string of the molecule is Cc1ncccc1NC(=O)c1ccc2c(c1)CCC[C@@H]1C[C@@H](O)CC[C@]21Cc1ccccc1.Cc1ncccc1NC(=O)c1ccc2c(c1)CCC[C@H]1C[C@H](O)CC[C@@]21Cc1ccccc1. The number of nitrogens with one attached hydrogen (secondary N) is 2. The molecule has 2 amide bonds. The van der Waals surface area contributed by atoms with Crippen LogP contribution in [0.5, 0.6) is 0 Å². The molecule has 4 aliphatic rings. The Morgan fingerprint density at radius 1 is 0.561 bits per heavy atom. The number of aliphatic hydroxyl groups is 2. The third-order valence-corrected chi connectivity index (χ3v) is 15.6. The summed E-state index contributed by atoms with van der Waals surface area (Å²) in [6.45, 7) is 3.80.